The Morgan fingerprint density at radius 3 is 1.67 bits per heavy atom. The van der Waals surface area contributed by atoms with Gasteiger partial charge in [0.15, 0.2) is 0 Å². The molecule has 2 N–H and O–H groups in total. The predicted molar refractivity (Wildman–Crippen MR) is 76.7 cm³/mol. The summed E-state index contributed by atoms with van der Waals surface area (Å²) in [7, 11) is 3.97. The van der Waals surface area contributed by atoms with E-state index in [1.54, 1.807) is 0 Å². The highest BCUT2D eigenvalue weighted by Crippen LogP contribution is 1.94. The lowest BCUT2D eigenvalue weighted by Crippen LogP contribution is -2.16. The average Bonchev–Trinajstić information content (AvgIpc) is 2.28. The molecule has 0 aromatic rings. The van der Waals surface area contributed by atoms with Crippen LogP contribution in [0.5, 0.6) is 0 Å². The second-order valence-corrected chi connectivity index (χ2v) is 4.67. The van der Waals surface area contributed by atoms with Crippen LogP contribution in [0.3, 0.4) is 0 Å². The van der Waals surface area contributed by atoms with Crippen LogP contribution in [0, 0.1) is 0 Å². The van der Waals surface area contributed by atoms with Gasteiger partial charge < -0.3 is 10.6 Å². The first kappa shape index (κ1) is 19.6. The zero-order valence-electron chi connectivity index (χ0n) is 12.5. The zero-order chi connectivity index (χ0) is 14.4. The molecular weight excluding hydrogens is 228 g/mol. The third kappa shape index (κ3) is 17.6. The minimum absolute atomic E-state index is 0.287. The highest BCUT2D eigenvalue weighted by atomic mass is 16.1. The molecule has 0 radical (unpaired) electrons. The van der Waals surface area contributed by atoms with E-state index in [0.717, 1.165) is 25.8 Å². The van der Waals surface area contributed by atoms with Crippen LogP contribution >= 0.6 is 0 Å². The number of carbonyl (C=O) groups is 2. The minimum atomic E-state index is 0.287. The summed E-state index contributed by atoms with van der Waals surface area (Å²) in [6.07, 6.45) is 4.62. The molecule has 0 aliphatic rings. The molecule has 0 unspecified atom stereocenters. The molecule has 0 fully saturated rings. The molecule has 0 aromatic carbocycles. The van der Waals surface area contributed by atoms with Crippen molar-refractivity contribution in [3.63, 3.8) is 0 Å². The van der Waals surface area contributed by atoms with Gasteiger partial charge in [-0.05, 0) is 33.5 Å². The van der Waals surface area contributed by atoms with Gasteiger partial charge in [0.25, 0.3) is 0 Å². The second kappa shape index (κ2) is 14.3. The van der Waals surface area contributed by atoms with Crippen molar-refractivity contribution in [3.05, 3.63) is 0 Å². The molecule has 0 spiro atoms. The molecule has 0 heterocycles. The molecule has 0 atom stereocenters. The smallest absolute Gasteiger partial charge is 0.134 e. The highest BCUT2D eigenvalue weighted by molar-refractivity contribution is 5.78. The first-order chi connectivity index (χ1) is 8.47. The number of hydrogen-bond acceptors (Lipinski definition) is 4. The van der Waals surface area contributed by atoms with Gasteiger partial charge >= 0.3 is 0 Å². The van der Waals surface area contributed by atoms with E-state index in [-0.39, 0.29) is 5.78 Å². The number of Topliss-reactive ketones (excluding diaryl/α,β-unsaturated/α-hetero) is 2. The molecule has 0 aromatic heterocycles. The third-order valence-corrected chi connectivity index (χ3v) is 2.32. The molecule has 0 bridgehead atoms. The van der Waals surface area contributed by atoms with E-state index in [1.807, 2.05) is 32.8 Å². The molecule has 0 aliphatic heterocycles. The summed E-state index contributed by atoms with van der Waals surface area (Å²) in [4.78, 5) is 23.5. The van der Waals surface area contributed by atoms with Crippen LogP contribution in [0.15, 0.2) is 0 Å². The van der Waals surface area contributed by atoms with Crippen LogP contribution in [0.4, 0.5) is 0 Å². The highest BCUT2D eigenvalue weighted by Gasteiger charge is 1.99. The largest absolute Gasteiger partial charge is 0.330 e. The van der Waals surface area contributed by atoms with Crippen molar-refractivity contribution in [2.75, 3.05) is 27.2 Å². The van der Waals surface area contributed by atoms with Gasteiger partial charge in [-0.3, -0.25) is 9.59 Å². The van der Waals surface area contributed by atoms with Crippen molar-refractivity contribution in [1.82, 2.24) is 4.90 Å². The number of nitrogens with two attached hydrogens (primary N) is 1. The maximum atomic E-state index is 10.9. The predicted octanol–water partition coefficient (Wildman–Crippen LogP) is 2.01. The third-order valence-electron chi connectivity index (χ3n) is 2.32. The molecule has 0 saturated heterocycles. The van der Waals surface area contributed by atoms with E-state index in [2.05, 4.69) is 0 Å². The van der Waals surface area contributed by atoms with Crippen LogP contribution in [-0.2, 0) is 9.59 Å². The first-order valence-electron chi connectivity index (χ1n) is 6.86. The van der Waals surface area contributed by atoms with Crippen molar-refractivity contribution in [2.45, 2.75) is 52.4 Å². The standard InChI is InChI=1S/C8H17NO.C6H13NO/c1-4-5-8(10)6-7-9(2)3;1-2-3-6(8)4-5-7/h4-7H2,1-3H3;2-5,7H2,1H3. The van der Waals surface area contributed by atoms with Gasteiger partial charge in [0, 0.05) is 32.2 Å². The van der Waals surface area contributed by atoms with Crippen molar-refractivity contribution in [3.8, 4) is 0 Å². The van der Waals surface area contributed by atoms with Crippen LogP contribution in [0.1, 0.15) is 52.4 Å². The fourth-order valence-electron chi connectivity index (χ4n) is 1.32. The Hall–Kier alpha value is -0.740. The van der Waals surface area contributed by atoms with E-state index in [4.69, 9.17) is 5.73 Å². The number of nitrogens with zero attached hydrogens (tertiary/aromatic N) is 1. The van der Waals surface area contributed by atoms with E-state index >= 15 is 0 Å². The van der Waals surface area contributed by atoms with Crippen LogP contribution < -0.4 is 5.73 Å². The average molecular weight is 258 g/mol. The van der Waals surface area contributed by atoms with Gasteiger partial charge in [0.05, 0.1) is 0 Å². The fraction of sp³-hybridized carbons (Fsp3) is 0.857. The Bertz CT molecular complexity index is 208. The van der Waals surface area contributed by atoms with E-state index in [0.29, 0.717) is 31.6 Å². The number of ketones is 2. The summed E-state index contributed by atoms with van der Waals surface area (Å²) in [6.45, 7) is 5.42. The summed E-state index contributed by atoms with van der Waals surface area (Å²) in [5.74, 6) is 0.672. The summed E-state index contributed by atoms with van der Waals surface area (Å²) in [5.41, 5.74) is 5.14. The Morgan fingerprint density at radius 2 is 1.33 bits per heavy atom. The molecular formula is C14H30N2O2. The van der Waals surface area contributed by atoms with Gasteiger partial charge in [0.1, 0.15) is 11.6 Å². The molecule has 4 nitrogen and oxygen atoms in total. The summed E-state index contributed by atoms with van der Waals surface area (Å²) >= 11 is 0. The van der Waals surface area contributed by atoms with Crippen molar-refractivity contribution < 1.29 is 9.59 Å². The Kier molecular flexibility index (Phi) is 15.6. The van der Waals surface area contributed by atoms with E-state index < -0.39 is 0 Å². The fourth-order valence-corrected chi connectivity index (χ4v) is 1.32. The Labute approximate surface area is 112 Å². The van der Waals surface area contributed by atoms with Gasteiger partial charge in [-0.1, -0.05) is 13.8 Å². The quantitative estimate of drug-likeness (QED) is 0.687. The summed E-state index contributed by atoms with van der Waals surface area (Å²) in [6, 6.07) is 0. The molecule has 18 heavy (non-hydrogen) atoms. The van der Waals surface area contributed by atoms with Crippen LogP contribution in [0.2, 0.25) is 0 Å². The topological polar surface area (TPSA) is 63.4 Å². The molecule has 0 saturated carbocycles. The van der Waals surface area contributed by atoms with Gasteiger partial charge in [-0.2, -0.15) is 0 Å². The Balaban J connectivity index is 0. The maximum absolute atomic E-state index is 10.9. The molecule has 4 heteroatoms. The lowest BCUT2D eigenvalue weighted by atomic mass is 10.2. The molecule has 0 rings (SSSR count). The van der Waals surface area contributed by atoms with Crippen molar-refractivity contribution in [1.29, 1.82) is 0 Å². The van der Waals surface area contributed by atoms with E-state index in [1.165, 1.54) is 0 Å². The SMILES string of the molecule is CCCC(=O)CCN.CCCC(=O)CCN(C)C. The lowest BCUT2D eigenvalue weighted by Gasteiger charge is -2.07. The Morgan fingerprint density at radius 1 is 0.889 bits per heavy atom. The van der Waals surface area contributed by atoms with Gasteiger partial charge in [0.2, 0.25) is 0 Å². The van der Waals surface area contributed by atoms with Crippen LogP contribution in [0.25, 0.3) is 0 Å². The van der Waals surface area contributed by atoms with Crippen LogP contribution in [-0.4, -0.2) is 43.7 Å². The monoisotopic (exact) mass is 258 g/mol. The van der Waals surface area contributed by atoms with E-state index in [9.17, 15) is 9.59 Å². The lowest BCUT2D eigenvalue weighted by molar-refractivity contribution is -0.119. The minimum Gasteiger partial charge on any atom is -0.330 e. The number of carbonyl (C=O) groups excluding carboxylic acids is 2. The molecule has 108 valence electrons. The first-order valence-corrected chi connectivity index (χ1v) is 6.86. The number of rotatable bonds is 9. The normalized spacial score (nSPS) is 9.89. The number of hydrogen-bond donors (Lipinski definition) is 1. The molecule has 0 aliphatic carbocycles. The van der Waals surface area contributed by atoms with Gasteiger partial charge in [-0.25, -0.2) is 0 Å². The van der Waals surface area contributed by atoms with Crippen molar-refractivity contribution >= 4 is 11.6 Å². The maximum Gasteiger partial charge on any atom is 0.134 e. The zero-order valence-corrected chi connectivity index (χ0v) is 12.5. The molecule has 0 amide bonds. The van der Waals surface area contributed by atoms with Crippen molar-refractivity contribution in [2.24, 2.45) is 5.73 Å². The summed E-state index contributed by atoms with van der Waals surface area (Å²) < 4.78 is 0. The summed E-state index contributed by atoms with van der Waals surface area (Å²) in [5, 5.41) is 0. The van der Waals surface area contributed by atoms with Gasteiger partial charge in [-0.15, -0.1) is 0 Å². The second-order valence-electron chi connectivity index (χ2n) is 4.67.